The van der Waals surface area contributed by atoms with Gasteiger partial charge in [0.25, 0.3) is 0 Å². The summed E-state index contributed by atoms with van der Waals surface area (Å²) in [4.78, 5) is 0. The zero-order chi connectivity index (χ0) is 20.9. The molecule has 4 aromatic carbocycles. The van der Waals surface area contributed by atoms with E-state index >= 15 is 0 Å². The van der Waals surface area contributed by atoms with E-state index < -0.39 is 0 Å². The third-order valence-electron chi connectivity index (χ3n) is 6.57. The molecule has 5 rings (SSSR count). The maximum absolute atomic E-state index is 6.11. The number of rotatable bonds is 7. The Labute approximate surface area is 197 Å². The number of fused-ring (bicyclic) bond motifs is 2. The Kier molecular flexibility index (Phi) is 7.26. The second-order valence-corrected chi connectivity index (χ2v) is 8.56. The van der Waals surface area contributed by atoms with Crippen LogP contribution in [0.1, 0.15) is 35.1 Å². The van der Waals surface area contributed by atoms with Gasteiger partial charge < -0.3 is 10.1 Å². The third kappa shape index (κ3) is 4.59. The van der Waals surface area contributed by atoms with Crippen LogP contribution in [0.5, 0.6) is 0 Å². The number of nitrogens with one attached hydrogen (secondary N) is 1. The third-order valence-corrected chi connectivity index (χ3v) is 6.57. The molecular formula is C29H30ClNO. The lowest BCUT2D eigenvalue weighted by Gasteiger charge is -2.40. The lowest BCUT2D eigenvalue weighted by atomic mass is 9.69. The van der Waals surface area contributed by atoms with Crippen molar-refractivity contribution in [1.29, 1.82) is 0 Å². The van der Waals surface area contributed by atoms with E-state index in [0.29, 0.717) is 6.61 Å². The van der Waals surface area contributed by atoms with E-state index in [9.17, 15) is 0 Å². The van der Waals surface area contributed by atoms with Crippen molar-refractivity contribution in [3.63, 3.8) is 0 Å². The van der Waals surface area contributed by atoms with Gasteiger partial charge in [0.2, 0.25) is 0 Å². The van der Waals surface area contributed by atoms with Crippen LogP contribution < -0.4 is 5.32 Å². The summed E-state index contributed by atoms with van der Waals surface area (Å²) in [6.07, 6.45) is 2.17. The molecule has 0 saturated heterocycles. The predicted octanol–water partition coefficient (Wildman–Crippen LogP) is 6.65. The van der Waals surface area contributed by atoms with Crippen LogP contribution in [0, 0.1) is 0 Å². The summed E-state index contributed by atoms with van der Waals surface area (Å²) in [6.45, 7) is 3.35. The van der Waals surface area contributed by atoms with E-state index in [-0.39, 0.29) is 17.8 Å². The number of hydrogen-bond acceptors (Lipinski definition) is 2. The Bertz CT molecular complexity index is 1160. The second kappa shape index (κ2) is 10.3. The van der Waals surface area contributed by atoms with Gasteiger partial charge in [0.15, 0.2) is 0 Å². The Morgan fingerprint density at radius 3 is 2.41 bits per heavy atom. The number of ether oxygens (including phenoxy) is 1. The van der Waals surface area contributed by atoms with Gasteiger partial charge in [0, 0.05) is 12.0 Å². The molecule has 0 aromatic heterocycles. The SMILES string of the molecule is Cl.c1ccc(C2(CCCNCc3ccc4ccccc4c3)COCc3ccccc32)cc1. The van der Waals surface area contributed by atoms with Gasteiger partial charge >= 0.3 is 0 Å². The zero-order valence-corrected chi connectivity index (χ0v) is 19.1. The quantitative estimate of drug-likeness (QED) is 0.323. The van der Waals surface area contributed by atoms with Gasteiger partial charge in [0.05, 0.1) is 13.2 Å². The van der Waals surface area contributed by atoms with Gasteiger partial charge in [-0.2, -0.15) is 0 Å². The van der Waals surface area contributed by atoms with E-state index in [2.05, 4.69) is 102 Å². The van der Waals surface area contributed by atoms with E-state index in [4.69, 9.17) is 4.74 Å². The molecule has 0 bridgehead atoms. The highest BCUT2D eigenvalue weighted by molar-refractivity contribution is 5.85. The maximum atomic E-state index is 6.11. The van der Waals surface area contributed by atoms with Crippen molar-refractivity contribution >= 4 is 23.2 Å². The summed E-state index contributed by atoms with van der Waals surface area (Å²) < 4.78 is 6.11. The van der Waals surface area contributed by atoms with Crippen molar-refractivity contribution in [3.8, 4) is 0 Å². The maximum Gasteiger partial charge on any atom is 0.0720 e. The summed E-state index contributed by atoms with van der Waals surface area (Å²) in [5.41, 5.74) is 5.38. The van der Waals surface area contributed by atoms with Gasteiger partial charge in [-0.1, -0.05) is 91.0 Å². The first-order valence-electron chi connectivity index (χ1n) is 11.3. The molecular weight excluding hydrogens is 414 g/mol. The van der Waals surface area contributed by atoms with Gasteiger partial charge in [0.1, 0.15) is 0 Å². The molecule has 0 saturated carbocycles. The largest absolute Gasteiger partial charge is 0.375 e. The Balaban J connectivity index is 0.00000245. The monoisotopic (exact) mass is 443 g/mol. The normalized spacial score (nSPS) is 17.5. The molecule has 1 N–H and O–H groups in total. The fourth-order valence-corrected chi connectivity index (χ4v) is 4.97. The molecule has 1 atom stereocenters. The topological polar surface area (TPSA) is 21.3 Å². The van der Waals surface area contributed by atoms with Gasteiger partial charge in [-0.3, -0.25) is 0 Å². The molecule has 32 heavy (non-hydrogen) atoms. The second-order valence-electron chi connectivity index (χ2n) is 8.56. The molecule has 0 fully saturated rings. The van der Waals surface area contributed by atoms with Crippen LogP contribution in [0.3, 0.4) is 0 Å². The first kappa shape index (κ1) is 22.5. The van der Waals surface area contributed by atoms with Crippen LogP contribution in [0.15, 0.2) is 97.1 Å². The Morgan fingerprint density at radius 2 is 1.53 bits per heavy atom. The van der Waals surface area contributed by atoms with Crippen LogP contribution in [-0.4, -0.2) is 13.2 Å². The van der Waals surface area contributed by atoms with E-state index in [0.717, 1.165) is 32.5 Å². The average Bonchev–Trinajstić information content (AvgIpc) is 2.84. The number of hydrogen-bond donors (Lipinski definition) is 1. The fourth-order valence-electron chi connectivity index (χ4n) is 4.97. The van der Waals surface area contributed by atoms with E-state index in [1.165, 1.54) is 33.0 Å². The number of halogens is 1. The van der Waals surface area contributed by atoms with Crippen molar-refractivity contribution < 1.29 is 4.74 Å². The minimum Gasteiger partial charge on any atom is -0.375 e. The average molecular weight is 444 g/mol. The molecule has 1 aliphatic heterocycles. The van der Waals surface area contributed by atoms with Crippen molar-refractivity contribution in [2.75, 3.05) is 13.2 Å². The molecule has 164 valence electrons. The molecule has 0 radical (unpaired) electrons. The summed E-state index contributed by atoms with van der Waals surface area (Å²) in [5, 5.41) is 6.26. The van der Waals surface area contributed by atoms with Crippen molar-refractivity contribution in [3.05, 3.63) is 119 Å². The van der Waals surface area contributed by atoms with Crippen LogP contribution in [0.25, 0.3) is 10.8 Å². The predicted molar refractivity (Wildman–Crippen MR) is 135 cm³/mol. The highest BCUT2D eigenvalue weighted by Crippen LogP contribution is 2.41. The fraction of sp³-hybridized carbons (Fsp3) is 0.241. The summed E-state index contributed by atoms with van der Waals surface area (Å²) in [7, 11) is 0. The van der Waals surface area contributed by atoms with Crippen LogP contribution in [-0.2, 0) is 23.3 Å². The lowest BCUT2D eigenvalue weighted by Crippen LogP contribution is -2.38. The standard InChI is InChI=1S/C29H29NO.ClH/c1-2-12-27(13-3-1)29(22-31-21-26-11-6-7-14-28(26)29)17-8-18-30-20-23-15-16-24-9-4-5-10-25(24)19-23;/h1-7,9-16,19,30H,8,17-18,20-22H2;1H. The lowest BCUT2D eigenvalue weighted by molar-refractivity contribution is 0.0613. The smallest absolute Gasteiger partial charge is 0.0720 e. The van der Waals surface area contributed by atoms with E-state index in [1.54, 1.807) is 0 Å². The molecule has 1 heterocycles. The van der Waals surface area contributed by atoms with Crippen molar-refractivity contribution in [2.24, 2.45) is 0 Å². The summed E-state index contributed by atoms with van der Waals surface area (Å²) >= 11 is 0. The molecule has 3 heteroatoms. The van der Waals surface area contributed by atoms with Gasteiger partial charge in [-0.25, -0.2) is 0 Å². The molecule has 1 unspecified atom stereocenters. The molecule has 2 nitrogen and oxygen atoms in total. The molecule has 0 amide bonds. The van der Waals surface area contributed by atoms with Gasteiger partial charge in [-0.15, -0.1) is 12.4 Å². The molecule has 1 aliphatic rings. The highest BCUT2D eigenvalue weighted by Gasteiger charge is 2.38. The summed E-state index contributed by atoms with van der Waals surface area (Å²) in [5.74, 6) is 0. The highest BCUT2D eigenvalue weighted by atomic mass is 35.5. The Hall–Kier alpha value is -2.65. The van der Waals surface area contributed by atoms with Gasteiger partial charge in [-0.05, 0) is 58.5 Å². The minimum absolute atomic E-state index is 0. The molecule has 0 spiro atoms. The zero-order valence-electron chi connectivity index (χ0n) is 18.3. The summed E-state index contributed by atoms with van der Waals surface area (Å²) in [6, 6.07) is 35.0. The number of benzene rings is 4. The molecule has 0 aliphatic carbocycles. The first-order valence-corrected chi connectivity index (χ1v) is 11.3. The Morgan fingerprint density at radius 1 is 0.781 bits per heavy atom. The first-order chi connectivity index (χ1) is 15.4. The van der Waals surface area contributed by atoms with Crippen LogP contribution in [0.2, 0.25) is 0 Å². The molecule has 4 aromatic rings. The van der Waals surface area contributed by atoms with Crippen molar-refractivity contribution in [2.45, 2.75) is 31.4 Å². The van der Waals surface area contributed by atoms with Crippen molar-refractivity contribution in [1.82, 2.24) is 5.32 Å². The minimum atomic E-state index is -0.0687. The van der Waals surface area contributed by atoms with Crippen LogP contribution in [0.4, 0.5) is 0 Å². The van der Waals surface area contributed by atoms with E-state index in [1.807, 2.05) is 0 Å². The van der Waals surface area contributed by atoms with Crippen LogP contribution >= 0.6 is 12.4 Å².